The predicted molar refractivity (Wildman–Crippen MR) is 107 cm³/mol. The normalized spacial score (nSPS) is 12.8. The van der Waals surface area contributed by atoms with Gasteiger partial charge in [0.05, 0.1) is 40.3 Å². The van der Waals surface area contributed by atoms with Crippen LogP contribution in [0.15, 0.2) is 42.6 Å². The van der Waals surface area contributed by atoms with Crippen LogP contribution in [0.1, 0.15) is 26.4 Å². The fourth-order valence-corrected chi connectivity index (χ4v) is 3.22. The van der Waals surface area contributed by atoms with Gasteiger partial charge >= 0.3 is 6.18 Å². The van der Waals surface area contributed by atoms with E-state index in [4.69, 9.17) is 0 Å². The summed E-state index contributed by atoms with van der Waals surface area (Å²) in [7, 11) is 0. The maximum Gasteiger partial charge on any atom is 0.405 e. The van der Waals surface area contributed by atoms with E-state index in [0.29, 0.717) is 0 Å². The molecule has 0 saturated heterocycles. The summed E-state index contributed by atoms with van der Waals surface area (Å²) < 4.78 is 65.3. The number of fused-ring (bicyclic) bond motifs is 1. The Morgan fingerprint density at radius 3 is 2.45 bits per heavy atom. The predicted octanol–water partition coefficient (Wildman–Crippen LogP) is 3.70. The SMILES string of the molecule is O=C(NCC(F)(F)F)c1ccc(Nc2cc(-c3c(F)cccc3F)nc3c2C(=O)NC3)nc1. The molecule has 0 fully saturated rings. The van der Waals surface area contributed by atoms with Gasteiger partial charge in [-0.3, -0.25) is 9.59 Å². The molecule has 1 aliphatic rings. The monoisotopic (exact) mass is 463 g/mol. The lowest BCUT2D eigenvalue weighted by Crippen LogP contribution is -2.33. The number of rotatable bonds is 5. The largest absolute Gasteiger partial charge is 0.405 e. The zero-order valence-corrected chi connectivity index (χ0v) is 16.6. The number of nitrogens with one attached hydrogen (secondary N) is 3. The molecule has 4 rings (SSSR count). The van der Waals surface area contributed by atoms with Crippen molar-refractivity contribution in [3.05, 3.63) is 71.1 Å². The van der Waals surface area contributed by atoms with Gasteiger partial charge in [0, 0.05) is 6.20 Å². The highest BCUT2D eigenvalue weighted by atomic mass is 19.4. The Morgan fingerprint density at radius 1 is 1.09 bits per heavy atom. The molecule has 0 radical (unpaired) electrons. The summed E-state index contributed by atoms with van der Waals surface area (Å²) in [6, 6.07) is 7.20. The molecule has 0 saturated carbocycles. The first-order valence-corrected chi connectivity index (χ1v) is 9.47. The number of carbonyl (C=O) groups is 2. The van der Waals surface area contributed by atoms with Crippen LogP contribution >= 0.6 is 0 Å². The van der Waals surface area contributed by atoms with Crippen LogP contribution in [0, 0.1) is 11.6 Å². The Balaban J connectivity index is 1.64. The molecule has 0 aliphatic carbocycles. The Hall–Kier alpha value is -4.09. The molecule has 1 aliphatic heterocycles. The van der Waals surface area contributed by atoms with Gasteiger partial charge in [-0.15, -0.1) is 0 Å². The lowest BCUT2D eigenvalue weighted by Gasteiger charge is -2.13. The van der Waals surface area contributed by atoms with E-state index < -0.39 is 36.2 Å². The van der Waals surface area contributed by atoms with Crippen molar-refractivity contribution in [2.45, 2.75) is 12.7 Å². The highest BCUT2D eigenvalue weighted by molar-refractivity contribution is 6.04. The third-order valence-corrected chi connectivity index (χ3v) is 4.69. The Labute approximate surface area is 183 Å². The summed E-state index contributed by atoms with van der Waals surface area (Å²) >= 11 is 0. The van der Waals surface area contributed by atoms with Gasteiger partial charge in [0.15, 0.2) is 0 Å². The van der Waals surface area contributed by atoms with Crippen LogP contribution in [0.3, 0.4) is 0 Å². The second kappa shape index (κ2) is 8.45. The highest BCUT2D eigenvalue weighted by Gasteiger charge is 2.29. The van der Waals surface area contributed by atoms with Gasteiger partial charge in [0.2, 0.25) is 0 Å². The molecule has 1 aromatic carbocycles. The molecule has 0 unspecified atom stereocenters. The summed E-state index contributed by atoms with van der Waals surface area (Å²) in [4.78, 5) is 32.3. The molecular formula is C21H14F5N5O2. The minimum absolute atomic E-state index is 0.0495. The second-order valence-corrected chi connectivity index (χ2v) is 7.01. The van der Waals surface area contributed by atoms with Crippen LogP contribution in [0.4, 0.5) is 33.5 Å². The van der Waals surface area contributed by atoms with Crippen LogP contribution in [0.2, 0.25) is 0 Å². The molecule has 0 spiro atoms. The second-order valence-electron chi connectivity index (χ2n) is 7.01. The quantitative estimate of drug-likeness (QED) is 0.502. The van der Waals surface area contributed by atoms with Crippen molar-refractivity contribution in [1.82, 2.24) is 20.6 Å². The van der Waals surface area contributed by atoms with Gasteiger partial charge in [-0.25, -0.2) is 18.7 Å². The van der Waals surface area contributed by atoms with Crippen molar-refractivity contribution in [3.8, 4) is 11.3 Å². The van der Waals surface area contributed by atoms with E-state index >= 15 is 0 Å². The van der Waals surface area contributed by atoms with Crippen molar-refractivity contribution in [1.29, 1.82) is 0 Å². The number of halogens is 5. The average molecular weight is 463 g/mol. The van der Waals surface area contributed by atoms with Gasteiger partial charge in [0.25, 0.3) is 11.8 Å². The molecule has 3 N–H and O–H groups in total. The third-order valence-electron chi connectivity index (χ3n) is 4.69. The number of benzene rings is 1. The van der Waals surface area contributed by atoms with Gasteiger partial charge in [-0.05, 0) is 30.3 Å². The summed E-state index contributed by atoms with van der Waals surface area (Å²) in [5, 5.41) is 7.14. The zero-order chi connectivity index (χ0) is 23.8. The molecule has 33 heavy (non-hydrogen) atoms. The van der Waals surface area contributed by atoms with E-state index in [1.165, 1.54) is 24.3 Å². The van der Waals surface area contributed by atoms with Crippen LogP contribution in [0.25, 0.3) is 11.3 Å². The molecule has 2 amide bonds. The zero-order valence-electron chi connectivity index (χ0n) is 16.6. The van der Waals surface area contributed by atoms with Crippen molar-refractivity contribution in [3.63, 3.8) is 0 Å². The average Bonchev–Trinajstić information content (AvgIpc) is 3.13. The summed E-state index contributed by atoms with van der Waals surface area (Å²) in [5.74, 6) is -2.96. The van der Waals surface area contributed by atoms with E-state index in [2.05, 4.69) is 20.6 Å². The van der Waals surface area contributed by atoms with E-state index in [9.17, 15) is 31.5 Å². The molecular weight excluding hydrogens is 449 g/mol. The Bertz CT molecular complexity index is 1220. The standard InChI is InChI=1S/C21H14F5N5O2/c22-11-2-1-3-12(23)17(11)13-6-14(18-15(30-13)8-28-20(18)33)31-16-5-4-10(7-27-16)19(32)29-9-21(24,25)26/h1-7H,8-9H2,(H,28,33)(H,29,32)(H,27,30,31). The molecule has 3 aromatic rings. The maximum atomic E-state index is 14.3. The van der Waals surface area contributed by atoms with Gasteiger partial charge in [0.1, 0.15) is 24.0 Å². The molecule has 7 nitrogen and oxygen atoms in total. The summed E-state index contributed by atoms with van der Waals surface area (Å²) in [6.45, 7) is -1.43. The fraction of sp³-hybridized carbons (Fsp3) is 0.143. The van der Waals surface area contributed by atoms with Gasteiger partial charge < -0.3 is 16.0 Å². The van der Waals surface area contributed by atoms with Gasteiger partial charge in [-0.1, -0.05) is 6.07 Å². The lowest BCUT2D eigenvalue weighted by molar-refractivity contribution is -0.123. The van der Waals surface area contributed by atoms with E-state index in [-0.39, 0.29) is 46.1 Å². The molecule has 0 atom stereocenters. The lowest BCUT2D eigenvalue weighted by atomic mass is 10.1. The number of amides is 2. The van der Waals surface area contributed by atoms with Gasteiger partial charge in [-0.2, -0.15) is 13.2 Å². The van der Waals surface area contributed by atoms with Crippen molar-refractivity contribution in [2.75, 3.05) is 11.9 Å². The van der Waals surface area contributed by atoms with E-state index in [0.717, 1.165) is 18.3 Å². The Kier molecular flexibility index (Phi) is 5.66. The molecule has 2 aromatic heterocycles. The van der Waals surface area contributed by atoms with E-state index in [1.807, 2.05) is 0 Å². The number of anilines is 2. The molecule has 12 heteroatoms. The molecule has 0 bridgehead atoms. The third kappa shape index (κ3) is 4.73. The van der Waals surface area contributed by atoms with Crippen molar-refractivity contribution in [2.24, 2.45) is 0 Å². The molecule has 3 heterocycles. The van der Waals surface area contributed by atoms with Crippen molar-refractivity contribution < 1.29 is 31.5 Å². The first kappa shape index (κ1) is 22.1. The topological polar surface area (TPSA) is 96.0 Å². The summed E-state index contributed by atoms with van der Waals surface area (Å²) in [6.07, 6.45) is -3.50. The molecule has 170 valence electrons. The number of hydrogen-bond acceptors (Lipinski definition) is 5. The number of aromatic nitrogens is 2. The maximum absolute atomic E-state index is 14.3. The number of nitrogens with zero attached hydrogens (tertiary/aromatic N) is 2. The van der Waals surface area contributed by atoms with E-state index in [1.54, 1.807) is 5.32 Å². The van der Waals surface area contributed by atoms with Crippen LogP contribution in [-0.2, 0) is 6.54 Å². The Morgan fingerprint density at radius 2 is 1.82 bits per heavy atom. The first-order chi connectivity index (χ1) is 15.6. The minimum Gasteiger partial charge on any atom is -0.346 e. The fourth-order valence-electron chi connectivity index (χ4n) is 3.22. The van der Waals surface area contributed by atoms with Crippen LogP contribution < -0.4 is 16.0 Å². The number of hydrogen-bond donors (Lipinski definition) is 3. The number of carbonyl (C=O) groups excluding carboxylic acids is 2. The highest BCUT2D eigenvalue weighted by Crippen LogP contribution is 2.33. The van der Waals surface area contributed by atoms with Crippen molar-refractivity contribution >= 4 is 23.3 Å². The number of pyridine rings is 2. The number of alkyl halides is 3. The first-order valence-electron chi connectivity index (χ1n) is 9.47. The van der Waals surface area contributed by atoms with Crippen LogP contribution in [-0.4, -0.2) is 34.5 Å². The smallest absolute Gasteiger partial charge is 0.346 e. The minimum atomic E-state index is -4.55. The van der Waals surface area contributed by atoms with Crippen LogP contribution in [0.5, 0.6) is 0 Å². The summed E-state index contributed by atoms with van der Waals surface area (Å²) in [5.41, 5.74) is 0.0555.